The molecule has 0 atom stereocenters. The van der Waals surface area contributed by atoms with Gasteiger partial charge in [-0.1, -0.05) is 0 Å². The molecule has 1 aliphatic rings. The lowest BCUT2D eigenvalue weighted by Gasteiger charge is -2.13. The third kappa shape index (κ3) is 3.04. The van der Waals surface area contributed by atoms with E-state index in [9.17, 15) is 19.3 Å². The van der Waals surface area contributed by atoms with Gasteiger partial charge >= 0.3 is 0 Å². The number of non-ortho nitro benzene ring substituents is 1. The van der Waals surface area contributed by atoms with Gasteiger partial charge in [0, 0.05) is 12.1 Å². The maximum Gasteiger partial charge on any atom is 0.271 e. The minimum absolute atomic E-state index is 0.0137. The number of nitrogens with zero attached hydrogens (tertiary/aromatic N) is 2. The summed E-state index contributed by atoms with van der Waals surface area (Å²) in [4.78, 5) is 24.1. The predicted octanol–water partition coefficient (Wildman–Crippen LogP) is 3.79. The van der Waals surface area contributed by atoms with Crippen LogP contribution in [0.2, 0.25) is 0 Å². The quantitative estimate of drug-likeness (QED) is 0.522. The number of carbonyl (C=O) groups is 1. The van der Waals surface area contributed by atoms with Crippen LogP contribution in [0.1, 0.15) is 5.56 Å². The monoisotopic (exact) mass is 343 g/mol. The molecule has 0 bridgehead atoms. The number of hydrogen-bond acceptors (Lipinski definition) is 5. The second-order valence-corrected chi connectivity index (χ2v) is 5.91. The molecule has 3 rings (SSSR count). The Morgan fingerprint density at radius 1 is 1.12 bits per heavy atom. The van der Waals surface area contributed by atoms with Crippen molar-refractivity contribution < 1.29 is 14.1 Å². The topological polar surface area (TPSA) is 87.3 Å². The molecule has 2 aromatic rings. The first-order valence-electron chi connectivity index (χ1n) is 6.78. The van der Waals surface area contributed by atoms with Crippen LogP contribution in [0.4, 0.5) is 15.8 Å². The number of nitro groups is 1. The lowest BCUT2D eigenvalue weighted by molar-refractivity contribution is -0.384. The summed E-state index contributed by atoms with van der Waals surface area (Å²) in [5, 5.41) is 18.6. The molecule has 0 spiro atoms. The van der Waals surface area contributed by atoms with Gasteiger partial charge in [0.1, 0.15) is 5.82 Å². The zero-order valence-electron chi connectivity index (χ0n) is 12.1. The summed E-state index contributed by atoms with van der Waals surface area (Å²) in [6.45, 7) is 0. The standard InChI is InChI=1S/C16H10FN3O3S/c17-11-3-7-12(8-4-11)19-15(21)14(24-16(19)18)9-10-1-5-13(6-2-10)20(22)23/h1-9,18H/b14-9-,18-16?. The van der Waals surface area contributed by atoms with Gasteiger partial charge in [-0.2, -0.15) is 0 Å². The fourth-order valence-electron chi connectivity index (χ4n) is 2.16. The molecule has 0 aliphatic carbocycles. The van der Waals surface area contributed by atoms with E-state index >= 15 is 0 Å². The van der Waals surface area contributed by atoms with E-state index in [0.717, 1.165) is 11.8 Å². The second-order valence-electron chi connectivity index (χ2n) is 4.88. The highest BCUT2D eigenvalue weighted by molar-refractivity contribution is 8.19. The summed E-state index contributed by atoms with van der Waals surface area (Å²) in [6, 6.07) is 11.1. The molecule has 2 aromatic carbocycles. The van der Waals surface area contributed by atoms with E-state index in [4.69, 9.17) is 5.41 Å². The molecule has 24 heavy (non-hydrogen) atoms. The number of nitro benzene ring substituents is 1. The van der Waals surface area contributed by atoms with Crippen LogP contribution in [-0.4, -0.2) is 16.0 Å². The summed E-state index contributed by atoms with van der Waals surface area (Å²) in [5.41, 5.74) is 0.986. The van der Waals surface area contributed by atoms with Crippen LogP contribution in [0.25, 0.3) is 6.08 Å². The third-order valence-corrected chi connectivity index (χ3v) is 4.20. The fourth-order valence-corrected chi connectivity index (χ4v) is 3.02. The van der Waals surface area contributed by atoms with Gasteiger partial charge in [-0.15, -0.1) is 0 Å². The van der Waals surface area contributed by atoms with Crippen LogP contribution in [0.3, 0.4) is 0 Å². The minimum Gasteiger partial charge on any atom is -0.278 e. The average molecular weight is 343 g/mol. The number of benzene rings is 2. The summed E-state index contributed by atoms with van der Waals surface area (Å²) < 4.78 is 13.0. The number of amides is 1. The Morgan fingerprint density at radius 2 is 1.75 bits per heavy atom. The van der Waals surface area contributed by atoms with Crippen molar-refractivity contribution in [3.05, 3.63) is 74.9 Å². The normalized spacial score (nSPS) is 16.0. The molecule has 0 saturated carbocycles. The zero-order chi connectivity index (χ0) is 17.3. The molecule has 1 heterocycles. The fraction of sp³-hybridized carbons (Fsp3) is 0. The molecular weight excluding hydrogens is 333 g/mol. The van der Waals surface area contributed by atoms with E-state index in [1.54, 1.807) is 6.08 Å². The van der Waals surface area contributed by atoms with E-state index < -0.39 is 16.6 Å². The molecule has 1 saturated heterocycles. The number of hydrogen-bond donors (Lipinski definition) is 1. The Kier molecular flexibility index (Phi) is 4.13. The Balaban J connectivity index is 1.87. The zero-order valence-corrected chi connectivity index (χ0v) is 12.9. The van der Waals surface area contributed by atoms with Crippen molar-refractivity contribution in [3.63, 3.8) is 0 Å². The largest absolute Gasteiger partial charge is 0.278 e. The minimum atomic E-state index is -0.502. The van der Waals surface area contributed by atoms with Crippen LogP contribution in [0.15, 0.2) is 53.4 Å². The van der Waals surface area contributed by atoms with Crippen molar-refractivity contribution in [1.29, 1.82) is 5.41 Å². The SMILES string of the molecule is N=C1S/C(=C\c2ccc([N+](=O)[O-])cc2)C(=O)N1c1ccc(F)cc1. The van der Waals surface area contributed by atoms with Crippen molar-refractivity contribution in [3.8, 4) is 0 Å². The van der Waals surface area contributed by atoms with Crippen LogP contribution in [-0.2, 0) is 4.79 Å². The number of anilines is 1. The molecule has 1 fully saturated rings. The number of rotatable bonds is 3. The highest BCUT2D eigenvalue weighted by Crippen LogP contribution is 2.35. The van der Waals surface area contributed by atoms with E-state index in [-0.39, 0.29) is 10.9 Å². The molecular formula is C16H10FN3O3S. The molecule has 8 heteroatoms. The molecule has 1 N–H and O–H groups in total. The third-order valence-electron chi connectivity index (χ3n) is 3.31. The molecule has 1 aliphatic heterocycles. The Labute approximate surface area is 140 Å². The number of nitrogens with one attached hydrogen (secondary N) is 1. The maximum absolute atomic E-state index is 13.0. The number of carbonyl (C=O) groups excluding carboxylic acids is 1. The van der Waals surface area contributed by atoms with Crippen molar-refractivity contribution in [2.24, 2.45) is 0 Å². The van der Waals surface area contributed by atoms with E-state index in [0.29, 0.717) is 16.2 Å². The van der Waals surface area contributed by atoms with E-state index in [1.807, 2.05) is 0 Å². The van der Waals surface area contributed by atoms with Gasteiger partial charge in [-0.3, -0.25) is 25.2 Å². The van der Waals surface area contributed by atoms with E-state index in [2.05, 4.69) is 0 Å². The number of amidine groups is 1. The Hall–Kier alpha value is -3.00. The lowest BCUT2D eigenvalue weighted by atomic mass is 10.2. The molecule has 0 aromatic heterocycles. The van der Waals surface area contributed by atoms with Crippen molar-refractivity contribution >= 4 is 40.3 Å². The first-order valence-corrected chi connectivity index (χ1v) is 7.60. The van der Waals surface area contributed by atoms with Gasteiger partial charge < -0.3 is 0 Å². The number of halogens is 1. The Bertz CT molecular complexity index is 863. The van der Waals surface area contributed by atoms with Gasteiger partial charge in [-0.25, -0.2) is 4.39 Å². The van der Waals surface area contributed by atoms with Crippen molar-refractivity contribution in [1.82, 2.24) is 0 Å². The lowest BCUT2D eigenvalue weighted by Crippen LogP contribution is -2.28. The summed E-state index contributed by atoms with van der Waals surface area (Å²) in [6.07, 6.45) is 1.56. The summed E-state index contributed by atoms with van der Waals surface area (Å²) in [5.74, 6) is -0.818. The molecule has 0 unspecified atom stereocenters. The van der Waals surface area contributed by atoms with Gasteiger partial charge in [0.05, 0.1) is 15.5 Å². The van der Waals surface area contributed by atoms with Gasteiger partial charge in [0.15, 0.2) is 5.17 Å². The van der Waals surface area contributed by atoms with Crippen LogP contribution in [0, 0.1) is 21.3 Å². The van der Waals surface area contributed by atoms with Crippen LogP contribution in [0.5, 0.6) is 0 Å². The van der Waals surface area contributed by atoms with Gasteiger partial charge in [-0.05, 0) is 59.8 Å². The van der Waals surface area contributed by atoms with Gasteiger partial charge in [0.25, 0.3) is 11.6 Å². The van der Waals surface area contributed by atoms with Gasteiger partial charge in [0.2, 0.25) is 0 Å². The van der Waals surface area contributed by atoms with Crippen molar-refractivity contribution in [2.75, 3.05) is 4.90 Å². The van der Waals surface area contributed by atoms with Crippen LogP contribution >= 0.6 is 11.8 Å². The first-order chi connectivity index (χ1) is 11.5. The maximum atomic E-state index is 13.0. The van der Waals surface area contributed by atoms with Crippen molar-refractivity contribution in [2.45, 2.75) is 0 Å². The predicted molar refractivity (Wildman–Crippen MR) is 90.3 cm³/mol. The summed E-state index contributed by atoms with van der Waals surface area (Å²) >= 11 is 0.979. The van der Waals surface area contributed by atoms with Crippen LogP contribution < -0.4 is 4.90 Å². The molecule has 6 nitrogen and oxygen atoms in total. The average Bonchev–Trinajstić information content (AvgIpc) is 2.83. The molecule has 1 amide bonds. The number of thioether (sulfide) groups is 1. The summed E-state index contributed by atoms with van der Waals surface area (Å²) in [7, 11) is 0. The second kappa shape index (κ2) is 6.25. The molecule has 0 radical (unpaired) electrons. The highest BCUT2D eigenvalue weighted by atomic mass is 32.2. The smallest absolute Gasteiger partial charge is 0.271 e. The Morgan fingerprint density at radius 3 is 2.33 bits per heavy atom. The first kappa shape index (κ1) is 15.9. The highest BCUT2D eigenvalue weighted by Gasteiger charge is 2.33. The molecule has 120 valence electrons. The van der Waals surface area contributed by atoms with E-state index in [1.165, 1.54) is 53.4 Å².